The van der Waals surface area contributed by atoms with Gasteiger partial charge in [0.1, 0.15) is 17.1 Å². The zero-order valence-corrected chi connectivity index (χ0v) is 28.8. The van der Waals surface area contributed by atoms with Gasteiger partial charge in [-0.2, -0.15) is 0 Å². The van der Waals surface area contributed by atoms with E-state index in [2.05, 4.69) is 21.8 Å². The first kappa shape index (κ1) is 32.7. The zero-order valence-electron chi connectivity index (χ0n) is 27.2. The number of hydrogen-bond donors (Lipinski definition) is 1. The lowest BCUT2D eigenvalue weighted by Gasteiger charge is -2.29. The summed E-state index contributed by atoms with van der Waals surface area (Å²) >= 11 is 12.9. The third-order valence-corrected chi connectivity index (χ3v) is 9.09. The molecule has 6 rings (SSSR count). The maximum Gasteiger partial charge on any atom is 0.410 e. The van der Waals surface area contributed by atoms with E-state index in [0.29, 0.717) is 66.2 Å². The Morgan fingerprint density at radius 1 is 1.02 bits per heavy atom. The number of benzene rings is 2. The predicted molar refractivity (Wildman–Crippen MR) is 182 cm³/mol. The van der Waals surface area contributed by atoms with E-state index >= 15 is 0 Å². The molecular formula is C35H38Cl2N6O4. The summed E-state index contributed by atoms with van der Waals surface area (Å²) in [5, 5.41) is 3.55. The number of carbonyl (C=O) groups is 2. The summed E-state index contributed by atoms with van der Waals surface area (Å²) in [5.74, 6) is 1.71. The number of hydrogen-bond acceptors (Lipinski definition) is 7. The summed E-state index contributed by atoms with van der Waals surface area (Å²) in [5.41, 5.74) is 6.68. The van der Waals surface area contributed by atoms with Gasteiger partial charge in [0.15, 0.2) is 5.82 Å². The third-order valence-electron chi connectivity index (χ3n) is 8.50. The van der Waals surface area contributed by atoms with E-state index in [9.17, 15) is 9.59 Å². The van der Waals surface area contributed by atoms with Crippen LogP contribution in [-0.2, 0) is 37.8 Å². The van der Waals surface area contributed by atoms with Crippen LogP contribution in [0.4, 0.5) is 10.5 Å². The minimum absolute atomic E-state index is 0.271. The number of amides is 2. The van der Waals surface area contributed by atoms with Gasteiger partial charge in [-0.1, -0.05) is 42.4 Å². The van der Waals surface area contributed by atoms with Crippen molar-refractivity contribution in [1.29, 1.82) is 0 Å². The summed E-state index contributed by atoms with van der Waals surface area (Å²) in [6.45, 7) is 13.6. The number of allylic oxidation sites excluding steroid dienone is 1. The lowest BCUT2D eigenvalue weighted by Crippen LogP contribution is -2.40. The molecule has 0 saturated heterocycles. The number of carbonyl (C=O) groups excluding carboxylic acids is 2. The number of alkyl halides is 1. The Bertz CT molecular complexity index is 1870. The molecule has 0 bridgehead atoms. The molecule has 0 radical (unpaired) electrons. The van der Waals surface area contributed by atoms with Crippen molar-refractivity contribution in [2.75, 3.05) is 17.7 Å². The summed E-state index contributed by atoms with van der Waals surface area (Å²) in [6, 6.07) is 11.5. The molecule has 246 valence electrons. The van der Waals surface area contributed by atoms with Gasteiger partial charge in [0.25, 0.3) is 5.91 Å². The number of ether oxygens (including phenoxy) is 1. The molecule has 2 aromatic heterocycles. The van der Waals surface area contributed by atoms with E-state index < -0.39 is 11.7 Å². The van der Waals surface area contributed by atoms with Crippen molar-refractivity contribution in [3.05, 3.63) is 87.9 Å². The Kier molecular flexibility index (Phi) is 8.84. The molecule has 2 aliphatic heterocycles. The van der Waals surface area contributed by atoms with Crippen molar-refractivity contribution in [1.82, 2.24) is 24.3 Å². The third kappa shape index (κ3) is 6.49. The molecular weight excluding hydrogens is 639 g/mol. The number of imidazole rings is 1. The van der Waals surface area contributed by atoms with Crippen LogP contribution in [0.1, 0.15) is 66.2 Å². The van der Waals surface area contributed by atoms with Crippen LogP contribution in [0.3, 0.4) is 0 Å². The second kappa shape index (κ2) is 12.7. The number of rotatable bonds is 7. The Hall–Kier alpha value is -4.28. The van der Waals surface area contributed by atoms with Gasteiger partial charge in [-0.3, -0.25) is 4.79 Å². The number of halogens is 2. The normalized spacial score (nSPS) is 14.2. The highest BCUT2D eigenvalue weighted by Gasteiger charge is 2.31. The van der Waals surface area contributed by atoms with Crippen LogP contribution in [-0.4, -0.2) is 54.4 Å². The lowest BCUT2D eigenvalue weighted by molar-refractivity contribution is 0.0220. The molecule has 2 aliphatic rings. The SMILES string of the molecule is C=C(CCCl)N1Cc2nc(-c3cccc(-c4cccc(NC(=O)c5nc6c(n5C)CCN(C(=O)OC(C)(C)C)C6)c4C)c3Cl)oc2C1. The van der Waals surface area contributed by atoms with Crippen molar-refractivity contribution in [3.8, 4) is 22.6 Å². The number of fused-ring (bicyclic) bond motifs is 2. The molecule has 1 N–H and O–H groups in total. The topological polar surface area (TPSA) is 106 Å². The molecule has 0 atom stereocenters. The van der Waals surface area contributed by atoms with E-state index in [4.69, 9.17) is 37.3 Å². The molecule has 0 fully saturated rings. The summed E-state index contributed by atoms with van der Waals surface area (Å²) in [4.78, 5) is 39.4. The van der Waals surface area contributed by atoms with Crippen LogP contribution >= 0.6 is 23.2 Å². The average Bonchev–Trinajstić information content (AvgIpc) is 3.69. The maximum atomic E-state index is 13.6. The highest BCUT2D eigenvalue weighted by atomic mass is 35.5. The number of nitrogens with zero attached hydrogens (tertiary/aromatic N) is 5. The van der Waals surface area contributed by atoms with Gasteiger partial charge in [0.2, 0.25) is 5.89 Å². The van der Waals surface area contributed by atoms with E-state index in [-0.39, 0.29) is 18.3 Å². The monoisotopic (exact) mass is 676 g/mol. The predicted octanol–water partition coefficient (Wildman–Crippen LogP) is 7.71. The zero-order chi connectivity index (χ0) is 33.6. The van der Waals surface area contributed by atoms with Crippen LogP contribution in [0.25, 0.3) is 22.6 Å². The standard InChI is InChI=1S/C35H38Cl2N6O4/c1-20(13-15-36)43-18-27-29(19-43)46-33(40-27)24-11-7-10-23(30(24)37)22-9-8-12-25(21(22)2)39-32(44)31-38-26-17-42(16-14-28(26)41(31)6)34(45)47-35(3,4)5/h7-12H,1,13-19H2,2-6H3,(H,39,44). The number of oxazole rings is 1. The Morgan fingerprint density at radius 3 is 2.45 bits per heavy atom. The van der Waals surface area contributed by atoms with E-state index in [1.807, 2.05) is 71.1 Å². The lowest BCUT2D eigenvalue weighted by atomic mass is 9.97. The molecule has 0 spiro atoms. The molecule has 4 aromatic rings. The minimum Gasteiger partial charge on any atom is -0.444 e. The Balaban J connectivity index is 1.21. The summed E-state index contributed by atoms with van der Waals surface area (Å²) in [6.07, 6.45) is 0.895. The van der Waals surface area contributed by atoms with Crippen LogP contribution < -0.4 is 5.32 Å². The molecule has 2 aromatic carbocycles. The highest BCUT2D eigenvalue weighted by Crippen LogP contribution is 2.40. The molecule has 0 saturated carbocycles. The molecule has 4 heterocycles. The van der Waals surface area contributed by atoms with Gasteiger partial charge in [-0.05, 0) is 51.0 Å². The summed E-state index contributed by atoms with van der Waals surface area (Å²) < 4.78 is 13.5. The molecule has 12 heteroatoms. The maximum absolute atomic E-state index is 13.6. The molecule has 47 heavy (non-hydrogen) atoms. The van der Waals surface area contributed by atoms with Gasteiger partial charge in [0, 0.05) is 55.0 Å². The first-order valence-electron chi connectivity index (χ1n) is 15.5. The molecule has 2 amide bonds. The van der Waals surface area contributed by atoms with Crippen LogP contribution in [0.5, 0.6) is 0 Å². The Labute approximate surface area is 284 Å². The van der Waals surface area contributed by atoms with Crippen LogP contribution in [0, 0.1) is 6.92 Å². The molecule has 0 aliphatic carbocycles. The van der Waals surface area contributed by atoms with Crippen molar-refractivity contribution in [2.24, 2.45) is 7.05 Å². The number of nitrogens with one attached hydrogen (secondary N) is 1. The first-order valence-corrected chi connectivity index (χ1v) is 16.5. The van der Waals surface area contributed by atoms with Crippen molar-refractivity contribution < 1.29 is 18.7 Å². The van der Waals surface area contributed by atoms with E-state index in [1.165, 1.54) is 0 Å². The molecule has 10 nitrogen and oxygen atoms in total. The fraction of sp³-hybridized carbons (Fsp3) is 0.371. The quantitative estimate of drug-likeness (QED) is 0.200. The van der Waals surface area contributed by atoms with E-state index in [0.717, 1.165) is 39.5 Å². The fourth-order valence-corrected chi connectivity index (χ4v) is 6.53. The second-order valence-corrected chi connectivity index (χ2v) is 13.6. The second-order valence-electron chi connectivity index (χ2n) is 12.9. The fourth-order valence-electron chi connectivity index (χ4n) is 6.01. The average molecular weight is 678 g/mol. The van der Waals surface area contributed by atoms with Crippen LogP contribution in [0.15, 0.2) is 53.1 Å². The Morgan fingerprint density at radius 2 is 1.72 bits per heavy atom. The van der Waals surface area contributed by atoms with Crippen molar-refractivity contribution in [3.63, 3.8) is 0 Å². The smallest absolute Gasteiger partial charge is 0.410 e. The van der Waals surface area contributed by atoms with E-state index in [1.54, 1.807) is 9.47 Å². The van der Waals surface area contributed by atoms with Crippen molar-refractivity contribution in [2.45, 2.75) is 65.8 Å². The number of anilines is 1. The first-order chi connectivity index (χ1) is 22.3. The molecule has 0 unspecified atom stereocenters. The van der Waals surface area contributed by atoms with Gasteiger partial charge < -0.3 is 28.8 Å². The number of aromatic nitrogens is 3. The summed E-state index contributed by atoms with van der Waals surface area (Å²) in [7, 11) is 1.82. The highest BCUT2D eigenvalue weighted by molar-refractivity contribution is 6.36. The van der Waals surface area contributed by atoms with Crippen molar-refractivity contribution >= 4 is 40.9 Å². The largest absolute Gasteiger partial charge is 0.444 e. The van der Waals surface area contributed by atoms with Gasteiger partial charge in [-0.15, -0.1) is 11.6 Å². The van der Waals surface area contributed by atoms with Crippen LogP contribution in [0.2, 0.25) is 5.02 Å². The van der Waals surface area contributed by atoms with Gasteiger partial charge >= 0.3 is 6.09 Å². The van der Waals surface area contributed by atoms with Gasteiger partial charge in [0.05, 0.1) is 35.9 Å². The minimum atomic E-state index is -0.594. The van der Waals surface area contributed by atoms with Gasteiger partial charge in [-0.25, -0.2) is 14.8 Å².